The summed E-state index contributed by atoms with van der Waals surface area (Å²) in [4.78, 5) is 17.3. The molecule has 0 N–H and O–H groups in total. The first kappa shape index (κ1) is 37.6. The molecule has 0 bridgehead atoms. The van der Waals surface area contributed by atoms with Crippen LogP contribution in [0, 0.1) is 29.2 Å². The zero-order valence-electron chi connectivity index (χ0n) is 28.4. The van der Waals surface area contributed by atoms with Crippen molar-refractivity contribution in [3.05, 3.63) is 89.3 Å². The van der Waals surface area contributed by atoms with Gasteiger partial charge in [0, 0.05) is 54.3 Å². The van der Waals surface area contributed by atoms with Crippen LogP contribution in [0.25, 0.3) is 0 Å². The average Bonchev–Trinajstić information content (AvgIpc) is 3.62. The molecule has 0 spiro atoms. The maximum atomic E-state index is 15.8. The summed E-state index contributed by atoms with van der Waals surface area (Å²) in [6.07, 6.45) is 0.840. The first-order valence-electron chi connectivity index (χ1n) is 15.7. The second kappa shape index (κ2) is 15.3. The third kappa shape index (κ3) is 8.64. The van der Waals surface area contributed by atoms with Crippen LogP contribution in [0.3, 0.4) is 0 Å². The number of carbonyl (C=O) groups excluding carboxylic acids is 1. The summed E-state index contributed by atoms with van der Waals surface area (Å²) in [7, 11) is -1.95. The van der Waals surface area contributed by atoms with Gasteiger partial charge in [-0.05, 0) is 62.9 Å². The largest absolute Gasteiger partial charge is 0.497 e. The number of amides is 1. The number of benzene rings is 3. The Balaban J connectivity index is 1.42. The summed E-state index contributed by atoms with van der Waals surface area (Å²) in [5.74, 6) is -5.49. The highest BCUT2D eigenvalue weighted by molar-refractivity contribution is 7.93. The van der Waals surface area contributed by atoms with Crippen molar-refractivity contribution in [2.45, 2.75) is 50.2 Å². The van der Waals surface area contributed by atoms with Gasteiger partial charge in [0.05, 0.1) is 27.4 Å². The fourth-order valence-corrected chi connectivity index (χ4v) is 7.87. The maximum Gasteiger partial charge on any atom is 0.410 e. The molecule has 0 radical (unpaired) electrons. The van der Waals surface area contributed by atoms with Gasteiger partial charge >= 0.3 is 6.09 Å². The number of piperidine rings is 1. The van der Waals surface area contributed by atoms with Crippen LogP contribution in [-0.2, 0) is 21.3 Å². The van der Waals surface area contributed by atoms with Crippen molar-refractivity contribution in [3.8, 4) is 17.2 Å². The minimum Gasteiger partial charge on any atom is -0.497 e. The van der Waals surface area contributed by atoms with Crippen LogP contribution >= 0.6 is 11.5 Å². The normalized spacial score (nSPS) is 16.5. The first-order chi connectivity index (χ1) is 24.1. The van der Waals surface area contributed by atoms with E-state index in [1.54, 1.807) is 39.0 Å². The number of likely N-dealkylation sites (tertiary alicyclic amines) is 1. The van der Waals surface area contributed by atoms with Gasteiger partial charge < -0.3 is 23.8 Å². The predicted molar refractivity (Wildman–Crippen MR) is 180 cm³/mol. The molecule has 274 valence electrons. The number of sulfonamides is 1. The van der Waals surface area contributed by atoms with Crippen LogP contribution < -0.4 is 18.5 Å². The molecule has 11 nitrogen and oxygen atoms in total. The molecule has 3 aromatic carbocycles. The molecule has 0 unspecified atom stereocenters. The third-order valence-corrected chi connectivity index (χ3v) is 10.7. The molecular weight excluding hydrogens is 717 g/mol. The van der Waals surface area contributed by atoms with Gasteiger partial charge in [-0.3, -0.25) is 0 Å². The topological polar surface area (TPSA) is 120 Å². The van der Waals surface area contributed by atoms with E-state index in [9.17, 15) is 22.0 Å². The lowest BCUT2D eigenvalue weighted by Gasteiger charge is -2.39. The van der Waals surface area contributed by atoms with Crippen LogP contribution in [-0.4, -0.2) is 68.3 Å². The fraction of sp³-hybridized carbons (Fsp3) is 0.382. The Morgan fingerprint density at radius 3 is 2.37 bits per heavy atom. The minimum absolute atomic E-state index is 0.0424. The lowest BCUT2D eigenvalue weighted by atomic mass is 9.81. The number of carbonyl (C=O) groups is 1. The number of nitrogens with zero attached hydrogens (tertiary/aromatic N) is 4. The Labute approximate surface area is 296 Å². The van der Waals surface area contributed by atoms with Gasteiger partial charge in [-0.15, -0.1) is 0 Å². The van der Waals surface area contributed by atoms with Gasteiger partial charge in [0.25, 0.3) is 10.0 Å². The Morgan fingerprint density at radius 2 is 1.73 bits per heavy atom. The fourth-order valence-electron chi connectivity index (χ4n) is 5.68. The smallest absolute Gasteiger partial charge is 0.410 e. The SMILES string of the molecule is COc1ccc(CN(c2ncns2)S(=O)(=O)c2cc(F)c(OC[C@H]3CN(C(=O)OC(C)(C)C)CC[C@@H]3c3ccc(F)c(F)c3)cc2F)c(OC)c1. The summed E-state index contributed by atoms with van der Waals surface area (Å²) >= 11 is 0.733. The van der Waals surface area contributed by atoms with E-state index in [-0.39, 0.29) is 37.1 Å². The Hall–Kier alpha value is -4.64. The molecular formula is C34H36F4N4O7S2. The number of methoxy groups -OCH3 is 2. The summed E-state index contributed by atoms with van der Waals surface area (Å²) in [5.41, 5.74) is 0.0286. The standard InChI is InChI=1S/C34H36F4N4O7S2/c1-34(2,3)49-33(43)41-11-10-24(20-7-9-25(35)26(36)12-20)22(16-41)18-48-30-14-28(38)31(15-27(30)37)51(44,45)42(32-39-19-40-50-32)17-21-6-8-23(46-4)13-29(21)47-5/h6-9,12-15,19,22,24H,10-11,16-18H2,1-5H3/t22-,24-/m1/s1. The summed E-state index contributed by atoms with van der Waals surface area (Å²) in [6, 6.07) is 9.31. The van der Waals surface area contributed by atoms with Crippen LogP contribution in [0.2, 0.25) is 0 Å². The number of hydrogen-bond acceptors (Lipinski definition) is 10. The van der Waals surface area contributed by atoms with E-state index in [0.717, 1.165) is 34.3 Å². The molecule has 2 atom stereocenters. The summed E-state index contributed by atoms with van der Waals surface area (Å²) in [5, 5.41) is -0.108. The van der Waals surface area contributed by atoms with Gasteiger partial charge in [-0.2, -0.15) is 4.37 Å². The molecule has 51 heavy (non-hydrogen) atoms. The van der Waals surface area contributed by atoms with Crippen molar-refractivity contribution in [1.82, 2.24) is 14.3 Å². The molecule has 2 heterocycles. The molecule has 0 saturated carbocycles. The zero-order chi connectivity index (χ0) is 37.1. The molecule has 0 aliphatic carbocycles. The Morgan fingerprint density at radius 1 is 0.961 bits per heavy atom. The van der Waals surface area contributed by atoms with Crippen LogP contribution in [0.15, 0.2) is 59.8 Å². The van der Waals surface area contributed by atoms with Crippen molar-refractivity contribution in [2.75, 3.05) is 38.2 Å². The van der Waals surface area contributed by atoms with E-state index in [1.807, 2.05) is 0 Å². The Kier molecular flexibility index (Phi) is 11.3. The van der Waals surface area contributed by atoms with E-state index in [0.29, 0.717) is 35.4 Å². The van der Waals surface area contributed by atoms with E-state index in [1.165, 1.54) is 25.2 Å². The molecule has 1 fully saturated rings. The van der Waals surface area contributed by atoms with Crippen LogP contribution in [0.4, 0.5) is 27.5 Å². The van der Waals surface area contributed by atoms with Crippen molar-refractivity contribution < 1.29 is 49.7 Å². The van der Waals surface area contributed by atoms with Crippen molar-refractivity contribution in [3.63, 3.8) is 0 Å². The van der Waals surface area contributed by atoms with Gasteiger partial charge in [0.15, 0.2) is 23.2 Å². The van der Waals surface area contributed by atoms with Gasteiger partial charge in [-0.25, -0.2) is 40.1 Å². The van der Waals surface area contributed by atoms with E-state index < -0.39 is 67.5 Å². The van der Waals surface area contributed by atoms with E-state index in [4.69, 9.17) is 18.9 Å². The number of hydrogen-bond donors (Lipinski definition) is 0. The summed E-state index contributed by atoms with van der Waals surface area (Å²) in [6.45, 7) is 4.75. The summed E-state index contributed by atoms with van der Waals surface area (Å²) < 4.78 is 114. The number of anilines is 1. The third-order valence-electron chi connectivity index (χ3n) is 8.14. The molecule has 1 aliphatic rings. The lowest BCUT2D eigenvalue weighted by molar-refractivity contribution is 0.0109. The molecule has 1 saturated heterocycles. The molecule has 17 heteroatoms. The van der Waals surface area contributed by atoms with Gasteiger partial charge in [-0.1, -0.05) is 6.07 Å². The highest BCUT2D eigenvalue weighted by Gasteiger charge is 2.36. The molecule has 1 amide bonds. The van der Waals surface area contributed by atoms with E-state index >= 15 is 8.78 Å². The first-order valence-corrected chi connectivity index (χ1v) is 17.9. The predicted octanol–water partition coefficient (Wildman–Crippen LogP) is 6.93. The maximum absolute atomic E-state index is 15.8. The van der Waals surface area contributed by atoms with Crippen molar-refractivity contribution in [2.24, 2.45) is 5.92 Å². The second-order valence-electron chi connectivity index (χ2n) is 12.7. The second-order valence-corrected chi connectivity index (χ2v) is 15.3. The quantitative estimate of drug-likeness (QED) is 0.150. The number of aromatic nitrogens is 2. The number of halogens is 4. The molecule has 1 aromatic heterocycles. The molecule has 1 aliphatic heterocycles. The molecule has 5 rings (SSSR count). The highest BCUT2D eigenvalue weighted by Crippen LogP contribution is 2.37. The van der Waals surface area contributed by atoms with E-state index in [2.05, 4.69) is 9.36 Å². The monoisotopic (exact) mass is 752 g/mol. The van der Waals surface area contributed by atoms with Gasteiger partial charge in [0.2, 0.25) is 5.13 Å². The van der Waals surface area contributed by atoms with Crippen LogP contribution in [0.5, 0.6) is 17.2 Å². The highest BCUT2D eigenvalue weighted by atomic mass is 32.2. The minimum atomic E-state index is -4.79. The number of rotatable bonds is 11. The van der Waals surface area contributed by atoms with Crippen LogP contribution in [0.1, 0.15) is 44.2 Å². The van der Waals surface area contributed by atoms with Gasteiger partial charge in [0.1, 0.15) is 34.1 Å². The van der Waals surface area contributed by atoms with Crippen molar-refractivity contribution >= 4 is 32.8 Å². The number of ether oxygens (including phenoxy) is 4. The zero-order valence-corrected chi connectivity index (χ0v) is 30.0. The average molecular weight is 753 g/mol. The lowest BCUT2D eigenvalue weighted by Crippen LogP contribution is -2.46. The molecule has 4 aromatic rings. The van der Waals surface area contributed by atoms with Crippen molar-refractivity contribution in [1.29, 1.82) is 0 Å². The Bertz CT molecular complexity index is 1980.